The van der Waals surface area contributed by atoms with Gasteiger partial charge in [-0.3, -0.25) is 38.4 Å². The molecular weight excluding hydrogens is 1420 g/mol. The second kappa shape index (κ2) is 80.0. The first-order valence-electron chi connectivity index (χ1n) is 41.3. The summed E-state index contributed by atoms with van der Waals surface area (Å²) < 4.78 is 64.8. The number of aliphatic carboxylic acids is 2. The largest absolute Gasteiger partial charge is 0.481 e. The number of nitrogens with zero attached hydrogens (tertiary/aromatic N) is 6. The van der Waals surface area contributed by atoms with Gasteiger partial charge in [0.25, 0.3) is 0 Å². The predicted octanol–water partition coefficient (Wildman–Crippen LogP) is 15.0. The normalized spacial score (nSPS) is 11.9. The van der Waals surface area contributed by atoms with E-state index in [9.17, 15) is 43.5 Å². The standard InChI is InChI=1S/C44H82N4O11.C36H66N4O11/c1-43(2,3)58-41(51)22-20-18-16-14-12-10-8-7-9-11-13-15-17-19-21-39(49)37-38(42(52)59-44(4,5)6)23-24-40(50)46-25-27-53-29-31-55-33-35-57-36-34-56-32-30-54-28-26-47-48-45;37-40-39-20-22-48-24-26-50-28-30-51-29-27-49-25-23-47-21-19-38-34(42)18-17-32(36(45)46)31-33(41)15-13-11-9-7-5-3-1-2-4-6-8-10-12-14-16-35(43)44/h38H,7-37H2,1-6H3,(H,46,50);32H,1-31H2,(H,38,42)(H,43,44)(H,45,46)/t38-;32-/m11/s1. The lowest BCUT2D eigenvalue weighted by atomic mass is 9.94. The highest BCUT2D eigenvalue weighted by Gasteiger charge is 2.28. The third-order valence-corrected chi connectivity index (χ3v) is 17.0. The van der Waals surface area contributed by atoms with Crippen LogP contribution < -0.4 is 10.6 Å². The average molecular weight is 1570 g/mol. The van der Waals surface area contributed by atoms with Crippen LogP contribution in [0.1, 0.15) is 286 Å². The van der Waals surface area contributed by atoms with Crippen LogP contribution in [0.4, 0.5) is 0 Å². The molecule has 0 saturated heterocycles. The molecule has 0 unspecified atom stereocenters. The molecule has 0 fully saturated rings. The van der Waals surface area contributed by atoms with Crippen LogP contribution in [0.15, 0.2) is 10.2 Å². The molecule has 2 amide bonds. The zero-order valence-electron chi connectivity index (χ0n) is 68.7. The van der Waals surface area contributed by atoms with Crippen molar-refractivity contribution in [1.82, 2.24) is 10.6 Å². The number of ether oxygens (including phenoxy) is 12. The Morgan fingerprint density at radius 2 is 0.582 bits per heavy atom. The number of nitrogens with one attached hydrogen (secondary N) is 2. The summed E-state index contributed by atoms with van der Waals surface area (Å²) in [5.41, 5.74) is 15.3. The molecule has 640 valence electrons. The quantitative estimate of drug-likeness (QED) is 0.0144. The number of Topliss-reactive ketones (excluding diaryl/α,β-unsaturated/α-hetero) is 2. The van der Waals surface area contributed by atoms with Gasteiger partial charge in [0.05, 0.1) is 144 Å². The van der Waals surface area contributed by atoms with Gasteiger partial charge in [-0.1, -0.05) is 164 Å². The molecule has 0 aliphatic carbocycles. The van der Waals surface area contributed by atoms with Gasteiger partial charge in [-0.25, -0.2) is 0 Å². The molecular formula is C80H148N8O22. The number of carboxylic acids is 2. The van der Waals surface area contributed by atoms with Crippen molar-refractivity contribution >= 4 is 47.3 Å². The summed E-state index contributed by atoms with van der Waals surface area (Å²) in [4.78, 5) is 102. The maximum Gasteiger partial charge on any atom is 0.309 e. The number of amides is 2. The molecule has 0 aliphatic heterocycles. The minimum absolute atomic E-state index is 0.0372. The lowest BCUT2D eigenvalue weighted by molar-refractivity contribution is -0.161. The third-order valence-electron chi connectivity index (χ3n) is 17.0. The summed E-state index contributed by atoms with van der Waals surface area (Å²) in [5, 5.41) is 30.4. The topological polar surface area (TPSA) is 409 Å². The number of carbonyl (C=O) groups excluding carboxylic acids is 6. The van der Waals surface area contributed by atoms with Crippen LogP contribution in [0.5, 0.6) is 0 Å². The number of ketones is 2. The van der Waals surface area contributed by atoms with Gasteiger partial charge in [-0.15, -0.1) is 0 Å². The van der Waals surface area contributed by atoms with E-state index in [-0.39, 0.29) is 74.3 Å². The second-order valence-electron chi connectivity index (χ2n) is 29.4. The van der Waals surface area contributed by atoms with Gasteiger partial charge in [0.2, 0.25) is 11.8 Å². The number of esters is 2. The number of hydrogen-bond donors (Lipinski definition) is 4. The first-order chi connectivity index (χ1) is 53.1. The Morgan fingerprint density at radius 3 is 0.864 bits per heavy atom. The van der Waals surface area contributed by atoms with Crippen LogP contribution in [0.25, 0.3) is 20.9 Å². The smallest absolute Gasteiger partial charge is 0.309 e. The van der Waals surface area contributed by atoms with Crippen LogP contribution in [-0.4, -0.2) is 227 Å². The minimum atomic E-state index is -1.05. The second-order valence-corrected chi connectivity index (χ2v) is 29.4. The number of rotatable bonds is 82. The van der Waals surface area contributed by atoms with Crippen LogP contribution >= 0.6 is 0 Å². The highest BCUT2D eigenvalue weighted by Crippen LogP contribution is 2.22. The third kappa shape index (κ3) is 86.4. The summed E-state index contributed by atoms with van der Waals surface area (Å²) in [6.45, 7) is 20.4. The Hall–Kier alpha value is -5.62. The number of carboxylic acid groups (broad SMARTS) is 2. The van der Waals surface area contributed by atoms with E-state index in [1.54, 1.807) is 20.8 Å². The van der Waals surface area contributed by atoms with E-state index in [0.717, 1.165) is 77.0 Å². The summed E-state index contributed by atoms with van der Waals surface area (Å²) in [5.74, 6) is -4.26. The Balaban J connectivity index is 0. The van der Waals surface area contributed by atoms with Crippen molar-refractivity contribution in [3.8, 4) is 0 Å². The van der Waals surface area contributed by atoms with E-state index >= 15 is 0 Å². The van der Waals surface area contributed by atoms with E-state index in [0.29, 0.717) is 178 Å². The molecule has 30 nitrogen and oxygen atoms in total. The maximum atomic E-state index is 12.9. The SMILES string of the molecule is CC(C)(C)OC(=O)CCCCCCCCCCCCCCCCC(=O)C[C@@H](CCC(=O)NCCOCCOCCOCCOCCOCCN=[N+]=[N-])C(=O)OC(C)(C)C.[N-]=[N+]=NCCOCCOCCOCCOCCOCCNC(=O)CC[C@H](CC(=O)CCCCCCCCCCCCCCCCC(=O)O)C(=O)O. The summed E-state index contributed by atoms with van der Waals surface area (Å²) >= 11 is 0. The zero-order valence-corrected chi connectivity index (χ0v) is 68.7. The molecule has 110 heavy (non-hydrogen) atoms. The van der Waals surface area contributed by atoms with Crippen molar-refractivity contribution in [3.05, 3.63) is 20.9 Å². The molecule has 0 radical (unpaired) electrons. The van der Waals surface area contributed by atoms with Gasteiger partial charge in [-0.2, -0.15) is 0 Å². The number of hydrogen-bond acceptors (Lipinski definition) is 22. The summed E-state index contributed by atoms with van der Waals surface area (Å²) in [6.07, 6.45) is 33.7. The minimum Gasteiger partial charge on any atom is -0.481 e. The molecule has 0 aromatic heterocycles. The van der Waals surface area contributed by atoms with Crippen LogP contribution in [0, 0.1) is 11.8 Å². The first kappa shape index (κ1) is 106. The van der Waals surface area contributed by atoms with Gasteiger partial charge >= 0.3 is 23.9 Å². The van der Waals surface area contributed by atoms with Crippen molar-refractivity contribution in [2.24, 2.45) is 22.1 Å². The lowest BCUT2D eigenvalue weighted by Crippen LogP contribution is -2.32. The Labute approximate surface area is 658 Å². The molecule has 0 aromatic rings. The molecule has 0 saturated carbocycles. The van der Waals surface area contributed by atoms with E-state index in [2.05, 4.69) is 30.7 Å². The van der Waals surface area contributed by atoms with E-state index < -0.39 is 40.9 Å². The number of carbonyl (C=O) groups is 8. The fourth-order valence-electron chi connectivity index (χ4n) is 11.2. The number of unbranched alkanes of at least 4 members (excludes halogenated alkanes) is 26. The van der Waals surface area contributed by atoms with E-state index in [1.807, 2.05) is 20.8 Å². The molecule has 0 aromatic carbocycles. The van der Waals surface area contributed by atoms with Crippen LogP contribution in [0.3, 0.4) is 0 Å². The van der Waals surface area contributed by atoms with Crippen molar-refractivity contribution in [3.63, 3.8) is 0 Å². The van der Waals surface area contributed by atoms with E-state index in [1.165, 1.54) is 103 Å². The van der Waals surface area contributed by atoms with Gasteiger partial charge < -0.3 is 77.7 Å². The highest BCUT2D eigenvalue weighted by molar-refractivity contribution is 5.86. The van der Waals surface area contributed by atoms with Crippen LogP contribution in [-0.2, 0) is 95.2 Å². The Bertz CT molecular complexity index is 2360. The zero-order chi connectivity index (χ0) is 81.3. The molecule has 0 spiro atoms. The molecule has 30 heteroatoms. The van der Waals surface area contributed by atoms with Gasteiger partial charge in [0, 0.05) is 87.4 Å². The number of azide groups is 2. The van der Waals surface area contributed by atoms with Gasteiger partial charge in [0.15, 0.2) is 0 Å². The fraction of sp³-hybridized carbons (Fsp3) is 0.900. The van der Waals surface area contributed by atoms with Gasteiger partial charge in [-0.05, 0) is 91.1 Å². The van der Waals surface area contributed by atoms with Crippen molar-refractivity contribution < 1.29 is 105 Å². The molecule has 2 atom stereocenters. The maximum absolute atomic E-state index is 12.9. The van der Waals surface area contributed by atoms with E-state index in [4.69, 9.17) is 73.0 Å². The predicted molar refractivity (Wildman–Crippen MR) is 422 cm³/mol. The molecule has 0 aliphatic rings. The van der Waals surface area contributed by atoms with Crippen molar-refractivity contribution in [1.29, 1.82) is 0 Å². The first-order valence-corrected chi connectivity index (χ1v) is 41.3. The van der Waals surface area contributed by atoms with Gasteiger partial charge in [0.1, 0.15) is 22.8 Å². The Morgan fingerprint density at radius 1 is 0.327 bits per heavy atom. The summed E-state index contributed by atoms with van der Waals surface area (Å²) in [6, 6.07) is 0. The molecule has 0 heterocycles. The molecule has 4 N–H and O–H groups in total. The van der Waals surface area contributed by atoms with Crippen LogP contribution in [0.2, 0.25) is 0 Å². The molecule has 0 rings (SSSR count). The molecule has 0 bridgehead atoms. The monoisotopic (exact) mass is 1570 g/mol. The average Bonchev–Trinajstić information content (AvgIpc) is 1.08. The summed E-state index contributed by atoms with van der Waals surface area (Å²) in [7, 11) is 0. The van der Waals surface area contributed by atoms with Crippen molar-refractivity contribution in [2.75, 3.05) is 158 Å². The van der Waals surface area contributed by atoms with Crippen molar-refractivity contribution in [2.45, 2.75) is 297 Å². The lowest BCUT2D eigenvalue weighted by Gasteiger charge is -2.23. The Kier molecular flexibility index (Phi) is 77.4. The highest BCUT2D eigenvalue weighted by atomic mass is 16.6. The fourth-order valence-corrected chi connectivity index (χ4v) is 11.2.